The third-order valence-corrected chi connectivity index (χ3v) is 0.914. The lowest BCUT2D eigenvalue weighted by Gasteiger charge is -2.10. The molecule has 4 heteroatoms. The van der Waals surface area contributed by atoms with Gasteiger partial charge >= 0.3 is 0 Å². The van der Waals surface area contributed by atoms with Crippen molar-refractivity contribution in [2.45, 2.75) is 6.10 Å². The van der Waals surface area contributed by atoms with Crippen molar-refractivity contribution in [1.82, 2.24) is 0 Å². The molecule has 0 aromatic rings. The lowest BCUT2D eigenvalue weighted by molar-refractivity contribution is -0.280. The molecule has 0 bridgehead atoms. The molecule has 0 heterocycles. The number of hydrogen-bond donors (Lipinski definition) is 2. The first kappa shape index (κ1) is 8.42. The Morgan fingerprint density at radius 3 is 2.44 bits per heavy atom. The van der Waals surface area contributed by atoms with Gasteiger partial charge < -0.3 is 9.84 Å². The summed E-state index contributed by atoms with van der Waals surface area (Å²) >= 11 is 0. The second kappa shape index (κ2) is 4.31. The summed E-state index contributed by atoms with van der Waals surface area (Å²) in [4.78, 5) is 3.78. The Hall–Kier alpha value is -0.580. The number of methoxy groups -OCH3 is 1. The highest BCUT2D eigenvalue weighted by molar-refractivity contribution is 4.91. The van der Waals surface area contributed by atoms with Gasteiger partial charge in [0.05, 0.1) is 13.7 Å². The van der Waals surface area contributed by atoms with Crippen LogP contribution in [0.25, 0.3) is 0 Å². The summed E-state index contributed by atoms with van der Waals surface area (Å²) < 4.78 is 4.55. The van der Waals surface area contributed by atoms with E-state index in [9.17, 15) is 0 Å². The van der Waals surface area contributed by atoms with E-state index in [1.165, 1.54) is 7.11 Å². The molecular weight excluding hydrogens is 124 g/mol. The molecule has 0 fully saturated rings. The van der Waals surface area contributed by atoms with Crippen LogP contribution in [0.1, 0.15) is 0 Å². The van der Waals surface area contributed by atoms with Gasteiger partial charge in [-0.25, -0.2) is 4.89 Å². The number of ether oxygens (including phenoxy) is 1. The highest BCUT2D eigenvalue weighted by atomic mass is 17.1. The maximum absolute atomic E-state index is 8.40. The van der Waals surface area contributed by atoms with Crippen molar-refractivity contribution in [3.8, 4) is 0 Å². The minimum absolute atomic E-state index is 0.194. The summed E-state index contributed by atoms with van der Waals surface area (Å²) in [6, 6.07) is 0. The Bertz CT molecular complexity index is 87.0. The average Bonchev–Trinajstić information content (AvgIpc) is 1.90. The van der Waals surface area contributed by atoms with E-state index >= 15 is 0 Å². The highest BCUT2D eigenvalue weighted by Gasteiger charge is 2.10. The molecule has 0 rings (SSSR count). The molecule has 54 valence electrons. The van der Waals surface area contributed by atoms with Gasteiger partial charge in [-0.1, -0.05) is 6.58 Å². The van der Waals surface area contributed by atoms with Gasteiger partial charge in [-0.05, 0) is 0 Å². The van der Waals surface area contributed by atoms with Gasteiger partial charge in [0.1, 0.15) is 5.76 Å². The molecule has 0 aromatic carbocycles. The van der Waals surface area contributed by atoms with E-state index in [1.54, 1.807) is 0 Å². The van der Waals surface area contributed by atoms with Crippen LogP contribution in [0.15, 0.2) is 12.3 Å². The predicted octanol–water partition coefficient (Wildman–Crippen LogP) is -0.00300. The molecule has 0 saturated heterocycles. The molecule has 0 aliphatic carbocycles. The smallest absolute Gasteiger partial charge is 0.172 e. The first-order valence-electron chi connectivity index (χ1n) is 2.40. The molecule has 2 N–H and O–H groups in total. The molecule has 0 radical (unpaired) electrons. The number of aliphatic hydroxyl groups is 1. The molecule has 0 saturated carbocycles. The van der Waals surface area contributed by atoms with Crippen molar-refractivity contribution in [2.24, 2.45) is 0 Å². The molecule has 9 heavy (non-hydrogen) atoms. The zero-order chi connectivity index (χ0) is 7.28. The van der Waals surface area contributed by atoms with Crippen LogP contribution in [0.4, 0.5) is 0 Å². The van der Waals surface area contributed by atoms with Gasteiger partial charge in [-0.15, -0.1) is 0 Å². The van der Waals surface area contributed by atoms with Crippen molar-refractivity contribution in [3.05, 3.63) is 12.3 Å². The Morgan fingerprint density at radius 1 is 1.78 bits per heavy atom. The first-order valence-corrected chi connectivity index (χ1v) is 2.40. The van der Waals surface area contributed by atoms with Crippen molar-refractivity contribution in [2.75, 3.05) is 13.7 Å². The van der Waals surface area contributed by atoms with Crippen LogP contribution < -0.4 is 0 Å². The largest absolute Gasteiger partial charge is 0.499 e. The van der Waals surface area contributed by atoms with Gasteiger partial charge in [0.15, 0.2) is 6.10 Å². The summed E-state index contributed by atoms with van der Waals surface area (Å²) in [5, 5.41) is 16.4. The van der Waals surface area contributed by atoms with Crippen LogP contribution in [0.2, 0.25) is 0 Å². The maximum atomic E-state index is 8.40. The molecule has 0 amide bonds. The maximum Gasteiger partial charge on any atom is 0.172 e. The minimum atomic E-state index is -0.838. The highest BCUT2D eigenvalue weighted by Crippen LogP contribution is 2.01. The Labute approximate surface area is 53.3 Å². The van der Waals surface area contributed by atoms with E-state index in [2.05, 4.69) is 16.2 Å². The zero-order valence-corrected chi connectivity index (χ0v) is 5.20. The van der Waals surface area contributed by atoms with Gasteiger partial charge in [-0.2, -0.15) is 0 Å². The van der Waals surface area contributed by atoms with Crippen LogP contribution in [-0.4, -0.2) is 30.2 Å². The molecule has 0 aliphatic rings. The summed E-state index contributed by atoms with van der Waals surface area (Å²) in [5.74, 6) is 0.194. The number of hydrogen-bond acceptors (Lipinski definition) is 4. The van der Waals surface area contributed by atoms with Crippen LogP contribution >= 0.6 is 0 Å². The number of rotatable bonds is 4. The standard InChI is InChI=1S/C5H10O4/c1-4(8-2)5(3-6)9-7/h5-7H,1,3H2,2H3. The zero-order valence-electron chi connectivity index (χ0n) is 5.20. The van der Waals surface area contributed by atoms with E-state index in [0.717, 1.165) is 0 Å². The minimum Gasteiger partial charge on any atom is -0.499 e. The van der Waals surface area contributed by atoms with Crippen molar-refractivity contribution >= 4 is 0 Å². The van der Waals surface area contributed by atoms with Gasteiger partial charge in [0.25, 0.3) is 0 Å². The van der Waals surface area contributed by atoms with Crippen molar-refractivity contribution < 1.29 is 20.0 Å². The summed E-state index contributed by atoms with van der Waals surface area (Å²) in [5.41, 5.74) is 0. The van der Waals surface area contributed by atoms with E-state index in [1.807, 2.05) is 0 Å². The Balaban J connectivity index is 3.64. The fourth-order valence-electron chi connectivity index (χ4n) is 0.325. The molecule has 1 atom stereocenters. The van der Waals surface area contributed by atoms with Gasteiger partial charge in [-0.3, -0.25) is 5.26 Å². The average molecular weight is 134 g/mol. The second-order valence-electron chi connectivity index (χ2n) is 1.45. The van der Waals surface area contributed by atoms with E-state index in [4.69, 9.17) is 10.4 Å². The summed E-state index contributed by atoms with van der Waals surface area (Å²) in [6.07, 6.45) is -0.838. The fraction of sp³-hybridized carbons (Fsp3) is 0.600. The summed E-state index contributed by atoms with van der Waals surface area (Å²) in [6.45, 7) is 3.00. The Morgan fingerprint density at radius 2 is 2.33 bits per heavy atom. The lowest BCUT2D eigenvalue weighted by atomic mass is 10.3. The first-order chi connectivity index (χ1) is 4.26. The van der Waals surface area contributed by atoms with Gasteiger partial charge in [0, 0.05) is 0 Å². The third kappa shape index (κ3) is 2.46. The SMILES string of the molecule is C=C(OC)C(CO)OO. The van der Waals surface area contributed by atoms with Crippen molar-refractivity contribution in [3.63, 3.8) is 0 Å². The molecule has 0 aliphatic heterocycles. The van der Waals surface area contributed by atoms with E-state index in [-0.39, 0.29) is 12.4 Å². The Kier molecular flexibility index (Phi) is 4.04. The molecule has 0 aromatic heterocycles. The van der Waals surface area contributed by atoms with Crippen LogP contribution in [0, 0.1) is 0 Å². The van der Waals surface area contributed by atoms with Gasteiger partial charge in [0.2, 0.25) is 0 Å². The topological polar surface area (TPSA) is 58.9 Å². The van der Waals surface area contributed by atoms with E-state index < -0.39 is 6.10 Å². The quantitative estimate of drug-likeness (QED) is 0.322. The fourth-order valence-corrected chi connectivity index (χ4v) is 0.325. The van der Waals surface area contributed by atoms with Crippen LogP contribution in [-0.2, 0) is 9.62 Å². The van der Waals surface area contributed by atoms with Crippen LogP contribution in [0.3, 0.4) is 0 Å². The number of aliphatic hydroxyl groups excluding tert-OH is 1. The lowest BCUT2D eigenvalue weighted by Crippen LogP contribution is -2.18. The summed E-state index contributed by atoms with van der Waals surface area (Å²) in [7, 11) is 1.38. The third-order valence-electron chi connectivity index (χ3n) is 0.914. The normalized spacial score (nSPS) is 12.8. The second-order valence-corrected chi connectivity index (χ2v) is 1.45. The van der Waals surface area contributed by atoms with Crippen molar-refractivity contribution in [1.29, 1.82) is 0 Å². The molecule has 4 nitrogen and oxygen atoms in total. The molecule has 0 spiro atoms. The predicted molar refractivity (Wildman–Crippen MR) is 30.7 cm³/mol. The molecular formula is C5H10O4. The molecule has 1 unspecified atom stereocenters. The van der Waals surface area contributed by atoms with Crippen LogP contribution in [0.5, 0.6) is 0 Å². The van der Waals surface area contributed by atoms with E-state index in [0.29, 0.717) is 0 Å². The monoisotopic (exact) mass is 134 g/mol.